The third-order valence-electron chi connectivity index (χ3n) is 4.74. The second-order valence-corrected chi connectivity index (χ2v) is 7.68. The summed E-state index contributed by atoms with van der Waals surface area (Å²) in [5.74, 6) is -0.273. The molecule has 3 rings (SSSR count). The standard InChI is InChI=1S/C23H26ClFN2O3/c1-2-11-29-16-20(28)14-27(13-18-5-3-4-6-22(18)25)15-21-12-23(26-30-21)17-7-9-19(24)10-8-17/h2-10,20-21,28H,1,11-16H2/t20-,21-/m0/s1. The molecular formula is C23H26ClFN2O3. The van der Waals surface area contributed by atoms with Crippen molar-refractivity contribution in [3.8, 4) is 0 Å². The first-order valence-electron chi connectivity index (χ1n) is 9.86. The molecule has 0 bridgehead atoms. The molecule has 1 heterocycles. The van der Waals surface area contributed by atoms with Crippen LogP contribution in [0, 0.1) is 5.82 Å². The van der Waals surface area contributed by atoms with Gasteiger partial charge in [-0.15, -0.1) is 6.58 Å². The topological polar surface area (TPSA) is 54.3 Å². The van der Waals surface area contributed by atoms with Gasteiger partial charge in [-0.05, 0) is 23.8 Å². The number of aliphatic hydroxyl groups excluding tert-OH is 1. The fourth-order valence-corrected chi connectivity index (χ4v) is 3.46. The van der Waals surface area contributed by atoms with Crippen molar-refractivity contribution in [3.63, 3.8) is 0 Å². The first kappa shape index (κ1) is 22.4. The van der Waals surface area contributed by atoms with Gasteiger partial charge in [0, 0.05) is 36.6 Å². The highest BCUT2D eigenvalue weighted by Gasteiger charge is 2.26. The molecular weight excluding hydrogens is 407 g/mol. The lowest BCUT2D eigenvalue weighted by atomic mass is 10.0. The maximum Gasteiger partial charge on any atom is 0.145 e. The maximum absolute atomic E-state index is 14.2. The first-order valence-corrected chi connectivity index (χ1v) is 10.2. The molecule has 0 amide bonds. The summed E-state index contributed by atoms with van der Waals surface area (Å²) < 4.78 is 19.5. The van der Waals surface area contributed by atoms with Crippen LogP contribution in [0.4, 0.5) is 4.39 Å². The average molecular weight is 433 g/mol. The van der Waals surface area contributed by atoms with E-state index in [-0.39, 0.29) is 18.5 Å². The van der Waals surface area contributed by atoms with E-state index in [1.165, 1.54) is 6.07 Å². The van der Waals surface area contributed by atoms with E-state index in [0.717, 1.165) is 11.3 Å². The van der Waals surface area contributed by atoms with Crippen LogP contribution in [0.2, 0.25) is 5.02 Å². The Morgan fingerprint density at radius 1 is 1.30 bits per heavy atom. The molecule has 0 aliphatic carbocycles. The molecule has 0 unspecified atom stereocenters. The number of hydrogen-bond donors (Lipinski definition) is 1. The summed E-state index contributed by atoms with van der Waals surface area (Å²) in [7, 11) is 0. The Hall–Kier alpha value is -2.25. The fraction of sp³-hybridized carbons (Fsp3) is 0.348. The number of hydrogen-bond acceptors (Lipinski definition) is 5. The Kier molecular flexibility index (Phi) is 8.39. The Balaban J connectivity index is 1.62. The van der Waals surface area contributed by atoms with Crippen molar-refractivity contribution >= 4 is 17.3 Å². The van der Waals surface area contributed by atoms with E-state index < -0.39 is 6.10 Å². The van der Waals surface area contributed by atoms with Crippen molar-refractivity contribution in [2.24, 2.45) is 5.16 Å². The lowest BCUT2D eigenvalue weighted by molar-refractivity contribution is 0.00310. The molecule has 2 aromatic carbocycles. The van der Waals surface area contributed by atoms with Crippen LogP contribution >= 0.6 is 11.6 Å². The summed E-state index contributed by atoms with van der Waals surface area (Å²) in [6, 6.07) is 14.1. The summed E-state index contributed by atoms with van der Waals surface area (Å²) in [5, 5.41) is 15.2. The monoisotopic (exact) mass is 432 g/mol. The third-order valence-corrected chi connectivity index (χ3v) is 4.99. The van der Waals surface area contributed by atoms with E-state index >= 15 is 0 Å². The summed E-state index contributed by atoms with van der Waals surface area (Å²) in [4.78, 5) is 7.59. The van der Waals surface area contributed by atoms with Gasteiger partial charge in [0.25, 0.3) is 0 Å². The minimum Gasteiger partial charge on any atom is -0.390 e. The average Bonchev–Trinajstić information content (AvgIpc) is 3.19. The summed E-state index contributed by atoms with van der Waals surface area (Å²) >= 11 is 5.95. The smallest absolute Gasteiger partial charge is 0.145 e. The van der Waals surface area contributed by atoms with E-state index in [0.29, 0.717) is 43.2 Å². The number of rotatable bonds is 11. The lowest BCUT2D eigenvalue weighted by Crippen LogP contribution is -2.39. The van der Waals surface area contributed by atoms with Crippen molar-refractivity contribution < 1.29 is 19.1 Å². The highest BCUT2D eigenvalue weighted by molar-refractivity contribution is 6.30. The van der Waals surface area contributed by atoms with Crippen LogP contribution < -0.4 is 0 Å². The molecule has 160 valence electrons. The Bertz CT molecular complexity index is 860. The zero-order valence-corrected chi connectivity index (χ0v) is 17.5. The van der Waals surface area contributed by atoms with Gasteiger partial charge in [-0.25, -0.2) is 4.39 Å². The zero-order chi connectivity index (χ0) is 21.3. The molecule has 0 spiro atoms. The Morgan fingerprint density at radius 3 is 2.80 bits per heavy atom. The van der Waals surface area contributed by atoms with Gasteiger partial charge < -0.3 is 14.7 Å². The van der Waals surface area contributed by atoms with E-state index in [1.54, 1.807) is 24.3 Å². The number of nitrogens with zero attached hydrogens (tertiary/aromatic N) is 2. The minimum absolute atomic E-state index is 0.178. The van der Waals surface area contributed by atoms with E-state index in [9.17, 15) is 9.50 Å². The van der Waals surface area contributed by atoms with Crippen LogP contribution in [0.1, 0.15) is 17.5 Å². The molecule has 30 heavy (non-hydrogen) atoms. The van der Waals surface area contributed by atoms with Gasteiger partial charge in [0.15, 0.2) is 0 Å². The van der Waals surface area contributed by atoms with Gasteiger partial charge in [-0.3, -0.25) is 4.90 Å². The molecule has 7 heteroatoms. The van der Waals surface area contributed by atoms with Crippen LogP contribution in [0.5, 0.6) is 0 Å². The SMILES string of the molecule is C=CCOC[C@@H](O)CN(Cc1ccccc1F)C[C@@H]1CC(c2ccc(Cl)cc2)=NO1. The van der Waals surface area contributed by atoms with Crippen LogP contribution in [0.25, 0.3) is 0 Å². The molecule has 2 atom stereocenters. The highest BCUT2D eigenvalue weighted by atomic mass is 35.5. The molecule has 5 nitrogen and oxygen atoms in total. The Labute approximate surface area is 181 Å². The zero-order valence-electron chi connectivity index (χ0n) is 16.7. The van der Waals surface area contributed by atoms with Crippen molar-refractivity contribution in [2.75, 3.05) is 26.3 Å². The van der Waals surface area contributed by atoms with Gasteiger partial charge in [-0.1, -0.05) is 53.2 Å². The Morgan fingerprint density at radius 2 is 2.07 bits per heavy atom. The second kappa shape index (κ2) is 11.2. The molecule has 0 saturated heterocycles. The normalized spacial score (nSPS) is 16.9. The largest absolute Gasteiger partial charge is 0.390 e. The van der Waals surface area contributed by atoms with E-state index in [1.807, 2.05) is 29.2 Å². The van der Waals surface area contributed by atoms with Crippen LogP contribution in [0.15, 0.2) is 66.3 Å². The molecule has 1 aliphatic heterocycles. The molecule has 1 aliphatic rings. The number of ether oxygens (including phenoxy) is 1. The minimum atomic E-state index is -0.713. The van der Waals surface area contributed by atoms with Crippen molar-refractivity contribution in [1.82, 2.24) is 4.90 Å². The predicted octanol–water partition coefficient (Wildman–Crippen LogP) is 4.04. The maximum atomic E-state index is 14.2. The van der Waals surface area contributed by atoms with Crippen molar-refractivity contribution in [2.45, 2.75) is 25.2 Å². The van der Waals surface area contributed by atoms with Gasteiger partial charge in [-0.2, -0.15) is 0 Å². The van der Waals surface area contributed by atoms with Crippen LogP contribution in [-0.4, -0.2) is 54.2 Å². The summed E-state index contributed by atoms with van der Waals surface area (Å²) in [6.07, 6.45) is 1.35. The lowest BCUT2D eigenvalue weighted by Gasteiger charge is -2.27. The summed E-state index contributed by atoms with van der Waals surface area (Å²) in [6.45, 7) is 5.30. The quantitative estimate of drug-likeness (QED) is 0.430. The highest BCUT2D eigenvalue weighted by Crippen LogP contribution is 2.20. The number of aliphatic hydroxyl groups is 1. The van der Waals surface area contributed by atoms with Gasteiger partial charge in [0.2, 0.25) is 0 Å². The fourth-order valence-electron chi connectivity index (χ4n) is 3.34. The molecule has 0 aromatic heterocycles. The molecule has 0 saturated carbocycles. The van der Waals surface area contributed by atoms with Gasteiger partial charge in [0.1, 0.15) is 11.9 Å². The number of oxime groups is 1. The van der Waals surface area contributed by atoms with Crippen LogP contribution in [0.3, 0.4) is 0 Å². The molecule has 2 aromatic rings. The third kappa shape index (κ3) is 6.64. The number of halogens is 2. The van der Waals surface area contributed by atoms with Crippen molar-refractivity contribution in [1.29, 1.82) is 0 Å². The number of benzene rings is 2. The molecule has 0 fully saturated rings. The van der Waals surface area contributed by atoms with Crippen LogP contribution in [-0.2, 0) is 16.1 Å². The molecule has 1 N–H and O–H groups in total. The summed E-state index contributed by atoms with van der Waals surface area (Å²) in [5.41, 5.74) is 2.37. The van der Waals surface area contributed by atoms with E-state index in [2.05, 4.69) is 11.7 Å². The predicted molar refractivity (Wildman–Crippen MR) is 116 cm³/mol. The molecule has 0 radical (unpaired) electrons. The van der Waals surface area contributed by atoms with Gasteiger partial charge >= 0.3 is 0 Å². The van der Waals surface area contributed by atoms with Crippen molar-refractivity contribution in [3.05, 3.63) is 83.2 Å². The van der Waals surface area contributed by atoms with E-state index in [4.69, 9.17) is 21.2 Å². The first-order chi connectivity index (χ1) is 14.5. The van der Waals surface area contributed by atoms with Gasteiger partial charge in [0.05, 0.1) is 25.0 Å². The second-order valence-electron chi connectivity index (χ2n) is 7.24.